The normalized spacial score (nSPS) is 16.2. The summed E-state index contributed by atoms with van der Waals surface area (Å²) in [5.74, 6) is -0.146. The Hall–Kier alpha value is -3.36. The van der Waals surface area contributed by atoms with Crippen LogP contribution in [0.4, 0.5) is 36.8 Å². The van der Waals surface area contributed by atoms with Gasteiger partial charge in [-0.2, -0.15) is 31.6 Å². The average Bonchev–Trinajstić information content (AvgIpc) is 2.73. The highest BCUT2D eigenvalue weighted by Crippen LogP contribution is 2.40. The molecule has 2 N–H and O–H groups in total. The molecule has 0 spiro atoms. The van der Waals surface area contributed by atoms with Crippen LogP contribution < -0.4 is 10.6 Å². The fraction of sp³-hybridized carbons (Fsp3) is 0.400. The minimum Gasteiger partial charge on any atom is -0.327 e. The lowest BCUT2D eigenvalue weighted by atomic mass is 9.79. The summed E-state index contributed by atoms with van der Waals surface area (Å²) in [6.45, 7) is 0. The summed E-state index contributed by atoms with van der Waals surface area (Å²) in [6.07, 6.45) is -5.58. The van der Waals surface area contributed by atoms with Gasteiger partial charge in [-0.15, -0.1) is 0 Å². The first-order valence-electron chi connectivity index (χ1n) is 9.56. The van der Waals surface area contributed by atoms with Crippen molar-refractivity contribution in [3.8, 4) is 6.07 Å². The molecule has 0 bridgehead atoms. The summed E-state index contributed by atoms with van der Waals surface area (Å²) < 4.78 is 79.0. The minimum atomic E-state index is -4.98. The summed E-state index contributed by atoms with van der Waals surface area (Å²) in [5.41, 5.74) is -4.55. The predicted molar refractivity (Wildman–Crippen MR) is 100 cm³/mol. The van der Waals surface area contributed by atoms with E-state index < -0.39 is 40.7 Å². The van der Waals surface area contributed by atoms with Gasteiger partial charge in [-0.25, -0.2) is 14.8 Å². The van der Waals surface area contributed by atoms with Gasteiger partial charge < -0.3 is 10.6 Å². The van der Waals surface area contributed by atoms with Crippen molar-refractivity contribution < 1.29 is 31.1 Å². The van der Waals surface area contributed by atoms with Crippen LogP contribution in [-0.2, 0) is 17.9 Å². The number of amides is 2. The maximum atomic E-state index is 13.3. The summed E-state index contributed by atoms with van der Waals surface area (Å²) in [4.78, 5) is 20.6. The summed E-state index contributed by atoms with van der Waals surface area (Å²) in [6, 6.07) is 2.97. The summed E-state index contributed by atoms with van der Waals surface area (Å²) in [5, 5.41) is 13.6. The molecule has 0 aliphatic heterocycles. The Morgan fingerprint density at radius 1 is 1.03 bits per heavy atom. The highest BCUT2D eigenvalue weighted by atomic mass is 19.4. The molecule has 3 rings (SSSR count). The van der Waals surface area contributed by atoms with E-state index in [1.54, 1.807) is 6.07 Å². The number of nitrogens with zero attached hydrogens (tertiary/aromatic N) is 3. The molecule has 0 atom stereocenters. The first kappa shape index (κ1) is 23.3. The smallest absolute Gasteiger partial charge is 0.327 e. The van der Waals surface area contributed by atoms with E-state index in [1.165, 1.54) is 12.3 Å². The van der Waals surface area contributed by atoms with E-state index in [1.807, 2.05) is 5.32 Å². The number of nitrogens with one attached hydrogen (secondary N) is 2. The van der Waals surface area contributed by atoms with E-state index in [2.05, 4.69) is 15.3 Å². The Morgan fingerprint density at radius 3 is 2.31 bits per heavy atom. The van der Waals surface area contributed by atoms with Crippen LogP contribution in [0.5, 0.6) is 0 Å². The zero-order chi connectivity index (χ0) is 23.6. The molecule has 1 fully saturated rings. The van der Waals surface area contributed by atoms with Crippen molar-refractivity contribution in [1.82, 2.24) is 15.3 Å². The SMILES string of the molecule is N#Cc1nccc(C2(NC(=O)Nc3cc(C(F)(F)F)ccc3C(F)(F)F)CCCCC2)n1. The number of rotatable bonds is 3. The molecule has 170 valence electrons. The molecule has 0 unspecified atom stereocenters. The maximum Gasteiger partial charge on any atom is 0.418 e. The zero-order valence-corrected chi connectivity index (χ0v) is 16.4. The van der Waals surface area contributed by atoms with Gasteiger partial charge in [0.25, 0.3) is 0 Å². The van der Waals surface area contributed by atoms with Crippen molar-refractivity contribution in [1.29, 1.82) is 5.26 Å². The van der Waals surface area contributed by atoms with Crippen molar-refractivity contribution in [3.05, 3.63) is 53.1 Å². The van der Waals surface area contributed by atoms with Gasteiger partial charge in [-0.1, -0.05) is 19.3 Å². The second-order valence-electron chi connectivity index (χ2n) is 7.36. The van der Waals surface area contributed by atoms with E-state index in [0.717, 1.165) is 6.42 Å². The third kappa shape index (κ3) is 5.09. The van der Waals surface area contributed by atoms with Crippen LogP contribution in [0.25, 0.3) is 0 Å². The van der Waals surface area contributed by atoms with Gasteiger partial charge in [-0.3, -0.25) is 0 Å². The van der Waals surface area contributed by atoms with Gasteiger partial charge in [0.2, 0.25) is 5.82 Å². The number of hydrogen-bond acceptors (Lipinski definition) is 4. The number of anilines is 1. The number of hydrogen-bond donors (Lipinski definition) is 2. The molecule has 0 radical (unpaired) electrons. The fourth-order valence-corrected chi connectivity index (χ4v) is 3.72. The third-order valence-corrected chi connectivity index (χ3v) is 5.21. The number of halogens is 6. The monoisotopic (exact) mass is 457 g/mol. The standard InChI is InChI=1S/C20H17F6N5O/c21-19(22,23)12-4-5-13(20(24,25)26)14(10-12)29-17(32)31-18(7-2-1-3-8-18)15-6-9-28-16(11-27)30-15/h4-6,9-10H,1-3,7-8H2,(H2,29,31,32). The second kappa shape index (κ2) is 8.64. The Kier molecular flexibility index (Phi) is 6.29. The summed E-state index contributed by atoms with van der Waals surface area (Å²) >= 11 is 0. The first-order valence-corrected chi connectivity index (χ1v) is 9.56. The van der Waals surface area contributed by atoms with Gasteiger partial charge in [0.05, 0.1) is 28.0 Å². The quantitative estimate of drug-likeness (QED) is 0.607. The number of carbonyl (C=O) groups excluding carboxylic acids is 1. The first-order chi connectivity index (χ1) is 14.9. The zero-order valence-electron chi connectivity index (χ0n) is 16.4. The van der Waals surface area contributed by atoms with Crippen molar-refractivity contribution >= 4 is 11.7 Å². The molecule has 1 aromatic carbocycles. The van der Waals surface area contributed by atoms with Crippen LogP contribution in [-0.4, -0.2) is 16.0 Å². The molecule has 6 nitrogen and oxygen atoms in total. The number of nitriles is 1. The average molecular weight is 457 g/mol. The predicted octanol–water partition coefficient (Wildman–Crippen LogP) is 5.37. The van der Waals surface area contributed by atoms with Gasteiger partial charge in [0.15, 0.2) is 0 Å². The second-order valence-corrected chi connectivity index (χ2v) is 7.36. The molecule has 1 aromatic heterocycles. The Labute approximate surface area is 178 Å². The number of aromatic nitrogens is 2. The lowest BCUT2D eigenvalue weighted by Crippen LogP contribution is -2.49. The molecule has 1 saturated carbocycles. The molecule has 12 heteroatoms. The molecular formula is C20H17F6N5O. The van der Waals surface area contributed by atoms with E-state index >= 15 is 0 Å². The Balaban J connectivity index is 1.94. The molecule has 1 aliphatic carbocycles. The molecule has 0 saturated heterocycles. The van der Waals surface area contributed by atoms with Crippen LogP contribution >= 0.6 is 0 Å². The van der Waals surface area contributed by atoms with E-state index in [-0.39, 0.29) is 18.0 Å². The van der Waals surface area contributed by atoms with Crippen LogP contribution in [0.3, 0.4) is 0 Å². The molecule has 32 heavy (non-hydrogen) atoms. The van der Waals surface area contributed by atoms with E-state index in [9.17, 15) is 31.1 Å². The summed E-state index contributed by atoms with van der Waals surface area (Å²) in [7, 11) is 0. The number of benzene rings is 1. The van der Waals surface area contributed by atoms with Gasteiger partial charge in [-0.05, 0) is 37.1 Å². The van der Waals surface area contributed by atoms with E-state index in [0.29, 0.717) is 37.4 Å². The van der Waals surface area contributed by atoms with Crippen molar-refractivity contribution in [2.24, 2.45) is 0 Å². The topological polar surface area (TPSA) is 90.7 Å². The van der Waals surface area contributed by atoms with Gasteiger partial charge in [0.1, 0.15) is 6.07 Å². The molecular weight excluding hydrogens is 440 g/mol. The molecule has 2 aromatic rings. The number of urea groups is 1. The van der Waals surface area contributed by atoms with Gasteiger partial charge in [0, 0.05) is 6.20 Å². The lowest BCUT2D eigenvalue weighted by Gasteiger charge is -2.37. The minimum absolute atomic E-state index is 0.146. The van der Waals surface area contributed by atoms with Crippen LogP contribution in [0, 0.1) is 11.3 Å². The van der Waals surface area contributed by atoms with Crippen LogP contribution in [0.2, 0.25) is 0 Å². The highest BCUT2D eigenvalue weighted by Gasteiger charge is 2.40. The van der Waals surface area contributed by atoms with Crippen LogP contribution in [0.15, 0.2) is 30.5 Å². The number of carbonyl (C=O) groups is 1. The Bertz CT molecular complexity index is 1040. The Morgan fingerprint density at radius 2 is 1.72 bits per heavy atom. The maximum absolute atomic E-state index is 13.3. The third-order valence-electron chi connectivity index (χ3n) is 5.21. The molecule has 1 heterocycles. The fourth-order valence-electron chi connectivity index (χ4n) is 3.72. The molecule has 1 aliphatic rings. The molecule has 2 amide bonds. The highest BCUT2D eigenvalue weighted by molar-refractivity contribution is 5.91. The van der Waals surface area contributed by atoms with Crippen molar-refractivity contribution in [2.45, 2.75) is 50.0 Å². The van der Waals surface area contributed by atoms with Crippen molar-refractivity contribution in [3.63, 3.8) is 0 Å². The van der Waals surface area contributed by atoms with Gasteiger partial charge >= 0.3 is 18.4 Å². The van der Waals surface area contributed by atoms with E-state index in [4.69, 9.17) is 5.26 Å². The van der Waals surface area contributed by atoms with Crippen LogP contribution in [0.1, 0.15) is 54.7 Å². The largest absolute Gasteiger partial charge is 0.418 e. The lowest BCUT2D eigenvalue weighted by molar-refractivity contribution is -0.140. The number of alkyl halides is 6. The van der Waals surface area contributed by atoms with Crippen molar-refractivity contribution in [2.75, 3.05) is 5.32 Å².